The fourth-order valence-corrected chi connectivity index (χ4v) is 2.78. The van der Waals surface area contributed by atoms with Gasteiger partial charge in [0.1, 0.15) is 11.7 Å². The summed E-state index contributed by atoms with van der Waals surface area (Å²) in [5.74, 6) is -1.47. The molecule has 25 heavy (non-hydrogen) atoms. The van der Waals surface area contributed by atoms with Crippen LogP contribution in [0.5, 0.6) is 0 Å². The van der Waals surface area contributed by atoms with E-state index in [1.165, 1.54) is 24.3 Å². The molecule has 3 atom stereocenters. The second-order valence-corrected chi connectivity index (χ2v) is 6.39. The number of carbonyl (C=O) groups is 1. The molecule has 1 saturated heterocycles. The number of hydrogen-bond acceptors (Lipinski definition) is 4. The molecule has 1 aliphatic rings. The minimum atomic E-state index is -4.97. The highest BCUT2D eigenvalue weighted by Crippen LogP contribution is 2.44. The Morgan fingerprint density at radius 3 is 2.36 bits per heavy atom. The molecule has 0 unspecified atom stereocenters. The van der Waals surface area contributed by atoms with Gasteiger partial charge in [-0.05, 0) is 19.8 Å². The maximum absolute atomic E-state index is 13.9. The lowest BCUT2D eigenvalue weighted by Crippen LogP contribution is -2.53. The van der Waals surface area contributed by atoms with Gasteiger partial charge in [0.25, 0.3) is 5.60 Å². The second kappa shape index (κ2) is 7.33. The van der Waals surface area contributed by atoms with Crippen molar-refractivity contribution in [3.63, 3.8) is 0 Å². The molecule has 0 amide bonds. The maximum Gasteiger partial charge on any atom is 0.432 e. The third-order valence-corrected chi connectivity index (χ3v) is 4.52. The number of methoxy groups -OCH3 is 1. The smallest absolute Gasteiger partial charge is 0.432 e. The zero-order chi connectivity index (χ0) is 18.7. The van der Waals surface area contributed by atoms with Gasteiger partial charge in [0, 0.05) is 12.7 Å². The third kappa shape index (κ3) is 3.82. The van der Waals surface area contributed by atoms with E-state index in [1.54, 1.807) is 13.0 Å². The van der Waals surface area contributed by atoms with Crippen molar-refractivity contribution < 1.29 is 32.2 Å². The molecule has 0 bridgehead atoms. The van der Waals surface area contributed by atoms with Crippen molar-refractivity contribution in [3.05, 3.63) is 35.9 Å². The summed E-state index contributed by atoms with van der Waals surface area (Å²) in [4.78, 5) is 12.7. The summed E-state index contributed by atoms with van der Waals surface area (Å²) in [6.45, 7) is 4.03. The van der Waals surface area contributed by atoms with E-state index in [4.69, 9.17) is 14.2 Å². The van der Waals surface area contributed by atoms with Crippen LogP contribution in [-0.2, 0) is 24.6 Å². The summed E-state index contributed by atoms with van der Waals surface area (Å²) in [6.07, 6.45) is -3.74. The topological polar surface area (TPSA) is 48.1 Å². The Bertz CT molecular complexity index is 584. The van der Waals surface area contributed by atoms with Gasteiger partial charge >= 0.3 is 12.1 Å². The van der Waals surface area contributed by atoms with Crippen LogP contribution in [0.1, 0.15) is 38.7 Å². The molecule has 0 spiro atoms. The lowest BCUT2D eigenvalue weighted by Gasteiger charge is -2.34. The minimum absolute atomic E-state index is 0.314. The van der Waals surface area contributed by atoms with Crippen molar-refractivity contribution in [1.29, 1.82) is 0 Å². The molecular formula is C18H23F3O4. The molecule has 0 aromatic heterocycles. The number of esters is 1. The van der Waals surface area contributed by atoms with E-state index >= 15 is 0 Å². The Kier molecular flexibility index (Phi) is 5.79. The molecule has 1 heterocycles. The van der Waals surface area contributed by atoms with Crippen molar-refractivity contribution in [3.8, 4) is 0 Å². The first-order chi connectivity index (χ1) is 11.7. The molecule has 1 fully saturated rings. The Balaban J connectivity index is 2.35. The Morgan fingerprint density at radius 1 is 1.32 bits per heavy atom. The summed E-state index contributed by atoms with van der Waals surface area (Å²) >= 11 is 0. The first kappa shape index (κ1) is 19.7. The van der Waals surface area contributed by atoms with Crippen LogP contribution in [0.3, 0.4) is 0 Å². The van der Waals surface area contributed by atoms with Crippen molar-refractivity contribution in [2.75, 3.05) is 13.7 Å². The van der Waals surface area contributed by atoms with Gasteiger partial charge in [-0.1, -0.05) is 43.7 Å². The van der Waals surface area contributed by atoms with Gasteiger partial charge in [0.05, 0.1) is 6.61 Å². The summed E-state index contributed by atoms with van der Waals surface area (Å²) in [5, 5.41) is 0. The van der Waals surface area contributed by atoms with Crippen LogP contribution >= 0.6 is 0 Å². The number of hydrogen-bond donors (Lipinski definition) is 0. The summed E-state index contributed by atoms with van der Waals surface area (Å²) in [5.41, 5.74) is -4.21. The second-order valence-electron chi connectivity index (χ2n) is 6.39. The first-order valence-corrected chi connectivity index (χ1v) is 8.23. The fourth-order valence-electron chi connectivity index (χ4n) is 2.78. The van der Waals surface area contributed by atoms with Gasteiger partial charge in [0.15, 0.2) is 0 Å². The maximum atomic E-state index is 13.9. The number of epoxide rings is 1. The SMILES string of the molecule is CCCC[C@H](OC(=O)[C@](OC)(c1ccccc1)C(F)(F)F)[C@]1(C)CO1. The van der Waals surface area contributed by atoms with Crippen LogP contribution in [-0.4, -0.2) is 37.6 Å². The Hall–Kier alpha value is -1.60. The van der Waals surface area contributed by atoms with Gasteiger partial charge in [-0.25, -0.2) is 4.79 Å². The number of alkyl halides is 3. The average Bonchev–Trinajstić information content (AvgIpc) is 3.31. The van der Waals surface area contributed by atoms with E-state index in [-0.39, 0.29) is 5.56 Å². The molecule has 140 valence electrons. The summed E-state index contributed by atoms with van der Waals surface area (Å²) < 4.78 is 57.0. The molecule has 1 aromatic carbocycles. The van der Waals surface area contributed by atoms with Gasteiger partial charge in [-0.3, -0.25) is 0 Å². The molecule has 4 nitrogen and oxygen atoms in total. The fraction of sp³-hybridized carbons (Fsp3) is 0.611. The van der Waals surface area contributed by atoms with Crippen LogP contribution in [0.2, 0.25) is 0 Å². The van der Waals surface area contributed by atoms with Gasteiger partial charge < -0.3 is 14.2 Å². The van der Waals surface area contributed by atoms with E-state index in [0.717, 1.165) is 13.5 Å². The molecule has 0 saturated carbocycles. The van der Waals surface area contributed by atoms with E-state index in [1.807, 2.05) is 6.92 Å². The lowest BCUT2D eigenvalue weighted by atomic mass is 9.92. The standard InChI is InChI=1S/C18H23F3O4/c1-4-5-11-14(16(2)12-24-16)25-15(22)17(23-3,18(19,20)21)13-9-7-6-8-10-13/h6-10,14H,4-5,11-12H2,1-3H3/t14-,16-,17+/m0/s1. The molecule has 7 heteroatoms. The normalized spacial score (nSPS) is 23.6. The highest BCUT2D eigenvalue weighted by molar-refractivity contribution is 5.83. The highest BCUT2D eigenvalue weighted by atomic mass is 19.4. The molecule has 0 N–H and O–H groups in total. The van der Waals surface area contributed by atoms with Crippen molar-refractivity contribution in [2.45, 2.75) is 56.6 Å². The lowest BCUT2D eigenvalue weighted by molar-refractivity contribution is -0.279. The number of rotatable bonds is 8. The molecular weight excluding hydrogens is 337 g/mol. The number of carbonyl (C=O) groups excluding carboxylic acids is 1. The molecule has 1 aromatic rings. The number of halogens is 3. The van der Waals surface area contributed by atoms with Crippen molar-refractivity contribution >= 4 is 5.97 Å². The van der Waals surface area contributed by atoms with E-state index < -0.39 is 29.5 Å². The van der Waals surface area contributed by atoms with E-state index in [2.05, 4.69) is 0 Å². The average molecular weight is 360 g/mol. The van der Waals surface area contributed by atoms with Crippen LogP contribution in [0, 0.1) is 0 Å². The summed E-state index contributed by atoms with van der Waals surface area (Å²) in [6, 6.07) is 6.81. The van der Waals surface area contributed by atoms with Crippen LogP contribution < -0.4 is 0 Å². The van der Waals surface area contributed by atoms with Crippen molar-refractivity contribution in [2.24, 2.45) is 0 Å². The predicted octanol–water partition coefficient (Wildman–Crippen LogP) is 3.98. The Morgan fingerprint density at radius 2 is 1.92 bits per heavy atom. The predicted molar refractivity (Wildman–Crippen MR) is 84.9 cm³/mol. The third-order valence-electron chi connectivity index (χ3n) is 4.52. The summed E-state index contributed by atoms with van der Waals surface area (Å²) in [7, 11) is 0.859. The van der Waals surface area contributed by atoms with Crippen molar-refractivity contribution in [1.82, 2.24) is 0 Å². The molecule has 0 aliphatic carbocycles. The molecule has 0 radical (unpaired) electrons. The van der Waals surface area contributed by atoms with Crippen LogP contribution in [0.25, 0.3) is 0 Å². The Labute approximate surface area is 145 Å². The zero-order valence-corrected chi connectivity index (χ0v) is 14.6. The number of benzene rings is 1. The minimum Gasteiger partial charge on any atom is -0.457 e. The van der Waals surface area contributed by atoms with Crippen LogP contribution in [0.4, 0.5) is 13.2 Å². The van der Waals surface area contributed by atoms with Gasteiger partial charge in [0.2, 0.25) is 0 Å². The van der Waals surface area contributed by atoms with Gasteiger partial charge in [-0.2, -0.15) is 13.2 Å². The molecule has 2 rings (SSSR count). The molecule has 1 aliphatic heterocycles. The largest absolute Gasteiger partial charge is 0.457 e. The number of ether oxygens (including phenoxy) is 3. The highest BCUT2D eigenvalue weighted by Gasteiger charge is 2.65. The van der Waals surface area contributed by atoms with E-state index in [0.29, 0.717) is 19.4 Å². The van der Waals surface area contributed by atoms with Crippen LogP contribution in [0.15, 0.2) is 30.3 Å². The monoisotopic (exact) mass is 360 g/mol. The van der Waals surface area contributed by atoms with Gasteiger partial charge in [-0.15, -0.1) is 0 Å². The quantitative estimate of drug-likeness (QED) is 0.520. The number of unbranched alkanes of at least 4 members (excludes halogenated alkanes) is 1. The van der Waals surface area contributed by atoms with E-state index in [9.17, 15) is 18.0 Å². The zero-order valence-electron chi connectivity index (χ0n) is 14.6. The first-order valence-electron chi connectivity index (χ1n) is 8.23.